The van der Waals surface area contributed by atoms with Gasteiger partial charge in [-0.3, -0.25) is 19.8 Å². The second-order valence-electron chi connectivity index (χ2n) is 5.01. The first-order chi connectivity index (χ1) is 13.4. The third-order valence-corrected chi connectivity index (χ3v) is 6.14. The fourth-order valence-corrected chi connectivity index (χ4v) is 4.14. The van der Waals surface area contributed by atoms with Crippen LogP contribution in [-0.2, 0) is 15.8 Å². The van der Waals surface area contributed by atoms with Crippen LogP contribution in [-0.4, -0.2) is 43.3 Å². The van der Waals surface area contributed by atoms with Crippen LogP contribution in [0.15, 0.2) is 44.5 Å². The standard InChI is InChI=1S/C14H17N7O4S3/c15-18-10-17-14-20-11(8-27-14)7-26-6-5-16-9-19-28(24,25)13-3-1-12(2-4-13)21(22)23/h1-4,8-10H,5-7,15H2,(H,16,19)(H,17,18,20). The maximum absolute atomic E-state index is 12.1. The summed E-state index contributed by atoms with van der Waals surface area (Å²) in [5.74, 6) is 6.45. The summed E-state index contributed by atoms with van der Waals surface area (Å²) in [5.41, 5.74) is 3.01. The Kier molecular flexibility index (Phi) is 8.31. The highest BCUT2D eigenvalue weighted by molar-refractivity contribution is 7.98. The zero-order valence-corrected chi connectivity index (χ0v) is 16.8. The van der Waals surface area contributed by atoms with Crippen LogP contribution in [0, 0.1) is 10.1 Å². The number of hydrogen-bond donors (Lipinski definition) is 3. The number of nitrogens with zero attached hydrogens (tertiary/aromatic N) is 4. The molecule has 0 spiro atoms. The molecule has 0 unspecified atom stereocenters. The van der Waals surface area contributed by atoms with Crippen LogP contribution in [0.25, 0.3) is 0 Å². The number of aromatic nitrogens is 1. The summed E-state index contributed by atoms with van der Waals surface area (Å²) in [6.07, 6.45) is 2.45. The van der Waals surface area contributed by atoms with E-state index in [2.05, 4.69) is 25.1 Å². The Hall–Kier alpha value is -2.55. The van der Waals surface area contributed by atoms with Gasteiger partial charge in [-0.05, 0) is 12.1 Å². The minimum atomic E-state index is -3.81. The van der Waals surface area contributed by atoms with Gasteiger partial charge in [0.05, 0.1) is 21.9 Å². The fourth-order valence-electron chi connectivity index (χ4n) is 1.79. The number of thiazole rings is 1. The summed E-state index contributed by atoms with van der Waals surface area (Å²) >= 11 is 3.00. The van der Waals surface area contributed by atoms with Gasteiger partial charge in [-0.2, -0.15) is 11.8 Å². The molecule has 150 valence electrons. The number of nitro groups is 1. The quantitative estimate of drug-likeness (QED) is 0.117. The number of non-ortho nitro benzene ring substituents is 1. The van der Waals surface area contributed by atoms with Crippen LogP contribution in [0.5, 0.6) is 0 Å². The van der Waals surface area contributed by atoms with Crippen molar-refractivity contribution in [3.8, 4) is 0 Å². The number of benzene rings is 1. The van der Waals surface area contributed by atoms with Gasteiger partial charge >= 0.3 is 0 Å². The molecule has 0 bridgehead atoms. The molecule has 4 N–H and O–H groups in total. The maximum Gasteiger partial charge on any atom is 0.269 e. The highest BCUT2D eigenvalue weighted by Crippen LogP contribution is 2.21. The highest BCUT2D eigenvalue weighted by atomic mass is 32.2. The Bertz CT molecular complexity index is 942. The van der Waals surface area contributed by atoms with E-state index < -0.39 is 14.9 Å². The summed E-state index contributed by atoms with van der Waals surface area (Å²) in [4.78, 5) is 22.2. The summed E-state index contributed by atoms with van der Waals surface area (Å²) in [6.45, 7) is 0.416. The largest absolute Gasteiger partial charge is 0.315 e. The molecule has 0 aliphatic rings. The van der Waals surface area contributed by atoms with Gasteiger partial charge in [-0.25, -0.2) is 24.2 Å². The molecule has 1 heterocycles. The van der Waals surface area contributed by atoms with Crippen molar-refractivity contribution in [1.82, 2.24) is 15.1 Å². The van der Waals surface area contributed by atoms with E-state index in [-0.39, 0.29) is 10.6 Å². The van der Waals surface area contributed by atoms with Gasteiger partial charge in [0.15, 0.2) is 0 Å². The lowest BCUT2D eigenvalue weighted by atomic mass is 10.3. The Morgan fingerprint density at radius 2 is 2.07 bits per heavy atom. The smallest absolute Gasteiger partial charge is 0.269 e. The lowest BCUT2D eigenvalue weighted by Crippen LogP contribution is -2.22. The van der Waals surface area contributed by atoms with E-state index in [0.29, 0.717) is 23.2 Å². The van der Waals surface area contributed by atoms with Crippen molar-refractivity contribution in [2.45, 2.75) is 10.6 Å². The number of hydrazine groups is 1. The topological polar surface area (TPSA) is 165 Å². The second-order valence-corrected chi connectivity index (χ2v) is 8.66. The predicted molar refractivity (Wildman–Crippen MR) is 111 cm³/mol. The average Bonchev–Trinajstić information content (AvgIpc) is 3.13. The SMILES string of the molecule is NNC=Nc1nc(CSCCN=CNS(=O)(=O)c2ccc([N+](=O)[O-])cc2)cs1. The Labute approximate surface area is 169 Å². The van der Waals surface area contributed by atoms with Gasteiger partial charge in [0, 0.05) is 35.6 Å². The third-order valence-electron chi connectivity index (χ3n) is 3.06. The molecule has 2 rings (SSSR count). The van der Waals surface area contributed by atoms with Crippen LogP contribution in [0.3, 0.4) is 0 Å². The van der Waals surface area contributed by atoms with E-state index >= 15 is 0 Å². The van der Waals surface area contributed by atoms with E-state index in [4.69, 9.17) is 5.84 Å². The van der Waals surface area contributed by atoms with Crippen molar-refractivity contribution >= 4 is 56.6 Å². The lowest BCUT2D eigenvalue weighted by molar-refractivity contribution is -0.384. The van der Waals surface area contributed by atoms with E-state index in [9.17, 15) is 18.5 Å². The number of aliphatic imine (C=N–C) groups is 2. The monoisotopic (exact) mass is 443 g/mol. The average molecular weight is 444 g/mol. The zero-order valence-electron chi connectivity index (χ0n) is 14.4. The summed E-state index contributed by atoms with van der Waals surface area (Å²) in [7, 11) is -3.81. The molecule has 0 aliphatic heterocycles. The molecule has 2 aromatic rings. The van der Waals surface area contributed by atoms with E-state index in [0.717, 1.165) is 24.2 Å². The molecule has 1 aromatic heterocycles. The summed E-state index contributed by atoms with van der Waals surface area (Å²) in [5, 5.41) is 13.1. The molecule has 0 aliphatic carbocycles. The molecule has 1 aromatic carbocycles. The molecule has 0 saturated carbocycles. The molecule has 0 fully saturated rings. The van der Waals surface area contributed by atoms with Gasteiger partial charge in [-0.1, -0.05) is 0 Å². The number of thioether (sulfide) groups is 1. The number of nitrogens with one attached hydrogen (secondary N) is 2. The molecular formula is C14H17N7O4S3. The van der Waals surface area contributed by atoms with Crippen molar-refractivity contribution in [2.75, 3.05) is 12.3 Å². The molecule has 14 heteroatoms. The third kappa shape index (κ3) is 6.88. The van der Waals surface area contributed by atoms with Crippen molar-refractivity contribution in [3.63, 3.8) is 0 Å². The second kappa shape index (κ2) is 10.7. The van der Waals surface area contributed by atoms with E-state index in [1.807, 2.05) is 5.38 Å². The van der Waals surface area contributed by atoms with Crippen molar-refractivity contribution in [2.24, 2.45) is 15.8 Å². The Morgan fingerprint density at radius 1 is 1.32 bits per heavy atom. The fraction of sp³-hybridized carbons (Fsp3) is 0.214. The molecule has 0 saturated heterocycles. The molecule has 11 nitrogen and oxygen atoms in total. The highest BCUT2D eigenvalue weighted by Gasteiger charge is 2.14. The molecule has 28 heavy (non-hydrogen) atoms. The number of nitro benzene ring substituents is 1. The van der Waals surface area contributed by atoms with Crippen LogP contribution < -0.4 is 16.0 Å². The first-order valence-corrected chi connectivity index (χ1v) is 11.2. The normalized spacial score (nSPS) is 11.9. The zero-order chi connectivity index (χ0) is 20.4. The minimum Gasteiger partial charge on any atom is -0.315 e. The lowest BCUT2D eigenvalue weighted by Gasteiger charge is -2.03. The number of hydrogen-bond acceptors (Lipinski definition) is 10. The van der Waals surface area contributed by atoms with Crippen LogP contribution >= 0.6 is 23.1 Å². The van der Waals surface area contributed by atoms with Gasteiger partial charge in [0.25, 0.3) is 15.7 Å². The first-order valence-electron chi connectivity index (χ1n) is 7.68. The van der Waals surface area contributed by atoms with Gasteiger partial charge in [-0.15, -0.1) is 11.3 Å². The number of sulfonamides is 1. The summed E-state index contributed by atoms with van der Waals surface area (Å²) < 4.78 is 26.3. The predicted octanol–water partition coefficient (Wildman–Crippen LogP) is 1.41. The van der Waals surface area contributed by atoms with Crippen molar-refractivity contribution in [1.29, 1.82) is 0 Å². The van der Waals surface area contributed by atoms with Gasteiger partial charge < -0.3 is 5.43 Å². The molecular weight excluding hydrogens is 426 g/mol. The minimum absolute atomic E-state index is 0.0780. The Morgan fingerprint density at radius 3 is 2.75 bits per heavy atom. The van der Waals surface area contributed by atoms with Crippen molar-refractivity contribution in [3.05, 3.63) is 45.5 Å². The Balaban J connectivity index is 1.72. The first kappa shape index (κ1) is 21.7. The van der Waals surface area contributed by atoms with Gasteiger partial charge in [0.1, 0.15) is 6.34 Å². The maximum atomic E-state index is 12.1. The number of nitrogens with two attached hydrogens (primary N) is 1. The van der Waals surface area contributed by atoms with E-state index in [1.165, 1.54) is 29.8 Å². The van der Waals surface area contributed by atoms with Crippen molar-refractivity contribution < 1.29 is 13.3 Å². The van der Waals surface area contributed by atoms with E-state index in [1.54, 1.807) is 11.8 Å². The number of rotatable bonds is 11. The molecule has 0 atom stereocenters. The summed E-state index contributed by atoms with van der Waals surface area (Å²) in [6, 6.07) is 4.59. The van der Waals surface area contributed by atoms with Crippen LogP contribution in [0.1, 0.15) is 5.69 Å². The van der Waals surface area contributed by atoms with Crippen LogP contribution in [0.2, 0.25) is 0 Å². The molecule has 0 radical (unpaired) electrons. The van der Waals surface area contributed by atoms with Crippen LogP contribution in [0.4, 0.5) is 10.8 Å². The van der Waals surface area contributed by atoms with Gasteiger partial charge in [0.2, 0.25) is 5.13 Å². The molecule has 0 amide bonds.